The van der Waals surface area contributed by atoms with Crippen molar-refractivity contribution in [1.29, 1.82) is 0 Å². The Labute approximate surface area is 112 Å². The molecule has 4 rings (SSSR count). The molecule has 2 heteroatoms. The van der Waals surface area contributed by atoms with Gasteiger partial charge in [-0.1, -0.05) is 0 Å². The molecule has 3 aromatic carbocycles. The van der Waals surface area contributed by atoms with Crippen LogP contribution in [0.4, 0.5) is 5.69 Å². The maximum absolute atomic E-state index is 4.73. The molecule has 1 nitrogen and oxygen atoms in total. The third kappa shape index (κ3) is 1.48. The molecule has 0 aromatic heterocycles. The summed E-state index contributed by atoms with van der Waals surface area (Å²) in [5, 5.41) is 5.16. The fourth-order valence-corrected chi connectivity index (χ4v) is 3.79. The molecule has 0 unspecified atom stereocenters. The minimum atomic E-state index is -0.01000. The summed E-state index contributed by atoms with van der Waals surface area (Å²) in [7, 11) is 0. The Morgan fingerprint density at radius 1 is 0.833 bits per heavy atom. The normalized spacial score (nSPS) is 14.0. The number of nitrogens with zero attached hydrogens (tertiary/aromatic N) is 1. The van der Waals surface area contributed by atoms with Gasteiger partial charge in [0.25, 0.3) is 0 Å². The Kier molecular flexibility index (Phi) is 2.21. The van der Waals surface area contributed by atoms with Crippen LogP contribution >= 0.6 is 0 Å². The van der Waals surface area contributed by atoms with Gasteiger partial charge in [-0.15, -0.1) is 0 Å². The van der Waals surface area contributed by atoms with E-state index in [9.17, 15) is 0 Å². The fraction of sp³-hybridized carbons (Fsp3) is 0. The summed E-state index contributed by atoms with van der Waals surface area (Å²) in [4.78, 5) is 2.20. The number of benzene rings is 3. The molecule has 0 amide bonds. The fourth-order valence-electron chi connectivity index (χ4n) is 2.47. The SMILES string of the molecule is C1=Cc2ccc3cc4ccccc4cc3c2N=[As]1. The van der Waals surface area contributed by atoms with Gasteiger partial charge in [-0.25, -0.2) is 0 Å². The molecule has 0 saturated heterocycles. The summed E-state index contributed by atoms with van der Waals surface area (Å²) >= 11 is -0.01000. The Morgan fingerprint density at radius 2 is 1.67 bits per heavy atom. The van der Waals surface area contributed by atoms with E-state index in [0.717, 1.165) is 0 Å². The number of fused-ring (bicyclic) bond motifs is 4. The predicted molar refractivity (Wildman–Crippen MR) is 78.3 cm³/mol. The van der Waals surface area contributed by atoms with Crippen LogP contribution in [0.1, 0.15) is 5.56 Å². The quantitative estimate of drug-likeness (QED) is 0.427. The van der Waals surface area contributed by atoms with Gasteiger partial charge < -0.3 is 0 Å². The predicted octanol–water partition coefficient (Wildman–Crippen LogP) is 4.50. The summed E-state index contributed by atoms with van der Waals surface area (Å²) in [6.45, 7) is 0. The van der Waals surface area contributed by atoms with Crippen LogP contribution in [0.5, 0.6) is 0 Å². The van der Waals surface area contributed by atoms with Gasteiger partial charge in [-0.05, 0) is 0 Å². The van der Waals surface area contributed by atoms with Gasteiger partial charge in [0, 0.05) is 0 Å². The molecule has 0 fully saturated rings. The van der Waals surface area contributed by atoms with E-state index in [-0.39, 0.29) is 15.6 Å². The third-order valence-corrected chi connectivity index (χ3v) is 4.62. The van der Waals surface area contributed by atoms with Crippen LogP contribution in [0.25, 0.3) is 27.6 Å². The first-order valence-electron chi connectivity index (χ1n) is 5.95. The molecule has 18 heavy (non-hydrogen) atoms. The van der Waals surface area contributed by atoms with Gasteiger partial charge in [-0.2, -0.15) is 0 Å². The molecular weight excluding hydrogens is 281 g/mol. The van der Waals surface area contributed by atoms with Crippen LogP contribution in [0.15, 0.2) is 57.3 Å². The summed E-state index contributed by atoms with van der Waals surface area (Å²) < 4.78 is 4.73. The van der Waals surface area contributed by atoms with E-state index in [4.69, 9.17) is 3.86 Å². The van der Waals surface area contributed by atoms with Crippen molar-refractivity contribution in [3.63, 3.8) is 0 Å². The summed E-state index contributed by atoms with van der Waals surface area (Å²) in [5.41, 5.74) is 2.43. The van der Waals surface area contributed by atoms with Crippen molar-refractivity contribution in [3.8, 4) is 0 Å². The first-order valence-corrected chi connectivity index (χ1v) is 7.87. The Hall–Kier alpha value is -1.72. The zero-order valence-corrected chi connectivity index (χ0v) is 11.5. The summed E-state index contributed by atoms with van der Waals surface area (Å²) in [6, 6.07) is 17.4. The third-order valence-electron chi connectivity index (χ3n) is 3.37. The second-order valence-corrected chi connectivity index (χ2v) is 5.98. The zero-order chi connectivity index (χ0) is 11.9. The molecule has 3 aromatic rings. The van der Waals surface area contributed by atoms with Crippen LogP contribution < -0.4 is 0 Å². The molecule has 0 radical (unpaired) electrons. The molecule has 0 N–H and O–H groups in total. The number of rotatable bonds is 0. The van der Waals surface area contributed by atoms with Crippen molar-refractivity contribution >= 4 is 48.9 Å². The van der Waals surface area contributed by atoms with Crippen LogP contribution in [-0.4, -0.2) is 15.6 Å². The monoisotopic (exact) mass is 291 g/mol. The van der Waals surface area contributed by atoms with E-state index in [0.29, 0.717) is 0 Å². The molecule has 0 bridgehead atoms. The van der Waals surface area contributed by atoms with Crippen molar-refractivity contribution < 1.29 is 0 Å². The zero-order valence-electron chi connectivity index (χ0n) is 9.67. The second-order valence-electron chi connectivity index (χ2n) is 4.46. The van der Waals surface area contributed by atoms with E-state index in [2.05, 4.69) is 59.5 Å². The maximum atomic E-state index is 4.73. The molecule has 0 atom stereocenters. The first-order chi connectivity index (χ1) is 8.92. The Morgan fingerprint density at radius 3 is 2.56 bits per heavy atom. The van der Waals surface area contributed by atoms with Crippen molar-refractivity contribution in [2.75, 3.05) is 0 Å². The van der Waals surface area contributed by atoms with E-state index >= 15 is 0 Å². The van der Waals surface area contributed by atoms with Gasteiger partial charge in [0.15, 0.2) is 0 Å². The van der Waals surface area contributed by atoms with E-state index in [1.54, 1.807) is 0 Å². The van der Waals surface area contributed by atoms with Gasteiger partial charge in [0.05, 0.1) is 0 Å². The average molecular weight is 291 g/mol. The average Bonchev–Trinajstić information content (AvgIpc) is 2.45. The molecule has 0 aliphatic carbocycles. The van der Waals surface area contributed by atoms with E-state index < -0.39 is 0 Å². The summed E-state index contributed by atoms with van der Waals surface area (Å²) in [5.74, 6) is 0. The summed E-state index contributed by atoms with van der Waals surface area (Å²) in [6.07, 6.45) is 2.21. The van der Waals surface area contributed by atoms with Gasteiger partial charge in [0.2, 0.25) is 0 Å². The Bertz CT molecular complexity index is 831. The standard InChI is InChI=1S/C16H10AsN/c1-2-4-13-10-15-14(9-12(13)3-1)6-5-11-7-8-17-18-16(11)15/h1-10H. The van der Waals surface area contributed by atoms with Gasteiger partial charge in [-0.3, -0.25) is 0 Å². The van der Waals surface area contributed by atoms with Crippen LogP contribution in [-0.2, 0) is 0 Å². The van der Waals surface area contributed by atoms with Gasteiger partial charge >= 0.3 is 112 Å². The number of hydrogen-bond donors (Lipinski definition) is 0. The molecular formula is C16H10AsN. The van der Waals surface area contributed by atoms with E-state index in [1.165, 1.54) is 32.8 Å². The molecule has 0 saturated carbocycles. The van der Waals surface area contributed by atoms with Gasteiger partial charge in [0.1, 0.15) is 0 Å². The molecule has 1 aliphatic heterocycles. The Balaban J connectivity index is 2.19. The van der Waals surface area contributed by atoms with Crippen molar-refractivity contribution in [2.45, 2.75) is 0 Å². The van der Waals surface area contributed by atoms with Crippen molar-refractivity contribution in [1.82, 2.24) is 0 Å². The molecule has 0 spiro atoms. The van der Waals surface area contributed by atoms with E-state index in [1.807, 2.05) is 0 Å². The van der Waals surface area contributed by atoms with Crippen LogP contribution in [0.2, 0.25) is 0 Å². The van der Waals surface area contributed by atoms with Crippen LogP contribution in [0.3, 0.4) is 0 Å². The molecule has 1 heterocycles. The van der Waals surface area contributed by atoms with Crippen molar-refractivity contribution in [2.24, 2.45) is 3.86 Å². The minimum absolute atomic E-state index is 0.01000. The van der Waals surface area contributed by atoms with Crippen molar-refractivity contribution in [3.05, 3.63) is 59.0 Å². The van der Waals surface area contributed by atoms with Crippen LogP contribution in [0, 0.1) is 0 Å². The molecule has 1 aliphatic rings. The topological polar surface area (TPSA) is 12.4 Å². The molecule has 84 valence electrons. The first kappa shape index (κ1) is 10.2. The number of hydrogen-bond acceptors (Lipinski definition) is 1. The second kappa shape index (κ2) is 3.90.